The van der Waals surface area contributed by atoms with Crippen LogP contribution in [0.2, 0.25) is 18.1 Å². The van der Waals surface area contributed by atoms with Crippen molar-refractivity contribution in [2.45, 2.75) is 115 Å². The molecule has 3 heterocycles. The Bertz CT molecular complexity index is 1240. The van der Waals surface area contributed by atoms with Gasteiger partial charge in [-0.3, -0.25) is 14.3 Å². The molecular formula is C26H43N2O6PS2Si. The van der Waals surface area contributed by atoms with Crippen molar-refractivity contribution in [1.82, 2.24) is 9.55 Å². The van der Waals surface area contributed by atoms with Crippen molar-refractivity contribution >= 4 is 37.2 Å². The summed E-state index contributed by atoms with van der Waals surface area (Å²) in [7, 11) is -2.06. The molecule has 7 atom stereocenters. The molecule has 8 nitrogen and oxygen atoms in total. The van der Waals surface area contributed by atoms with Crippen molar-refractivity contribution in [3.8, 4) is 0 Å². The van der Waals surface area contributed by atoms with Gasteiger partial charge in [-0.1, -0.05) is 44.3 Å². The molecule has 0 radical (unpaired) electrons. The van der Waals surface area contributed by atoms with E-state index < -0.39 is 43.7 Å². The summed E-state index contributed by atoms with van der Waals surface area (Å²) in [5, 5.41) is 0.0368. The molecule has 12 heteroatoms. The lowest BCUT2D eigenvalue weighted by Crippen LogP contribution is -2.44. The molecule has 0 amide bonds. The largest absolute Gasteiger partial charge is 0.414 e. The lowest BCUT2D eigenvalue weighted by atomic mass is 9.77. The first-order valence-corrected chi connectivity index (χ1v) is 20.3. The number of aromatic nitrogens is 2. The highest BCUT2D eigenvalue weighted by atomic mass is 32.9. The van der Waals surface area contributed by atoms with Gasteiger partial charge in [0.1, 0.15) is 12.3 Å². The fraction of sp³-hybridized carbons (Fsp3) is 0.769. The molecule has 38 heavy (non-hydrogen) atoms. The highest BCUT2D eigenvalue weighted by molar-refractivity contribution is 8.68. The molecule has 2 aliphatic heterocycles. The van der Waals surface area contributed by atoms with E-state index in [-0.39, 0.29) is 15.9 Å². The third kappa shape index (κ3) is 6.20. The molecule has 0 aromatic carbocycles. The lowest BCUT2D eigenvalue weighted by molar-refractivity contribution is -0.0400. The Balaban J connectivity index is 1.57. The fourth-order valence-corrected chi connectivity index (χ4v) is 13.7. The molecule has 4 rings (SSSR count). The van der Waals surface area contributed by atoms with Crippen LogP contribution < -0.4 is 11.2 Å². The van der Waals surface area contributed by atoms with Crippen molar-refractivity contribution < 1.29 is 18.2 Å². The number of hydrogen-bond donors (Lipinski definition) is 1. The minimum atomic E-state index is -2.68. The first kappa shape index (κ1) is 30.4. The van der Waals surface area contributed by atoms with Crippen LogP contribution in [0.25, 0.3) is 0 Å². The molecular weight excluding hydrogens is 559 g/mol. The fourth-order valence-electron chi connectivity index (χ4n) is 5.04. The Morgan fingerprint density at radius 1 is 1.37 bits per heavy atom. The number of nitrogens with zero attached hydrogens (tertiary/aromatic N) is 1. The Morgan fingerprint density at radius 2 is 2.05 bits per heavy atom. The summed E-state index contributed by atoms with van der Waals surface area (Å²) >= 11 is 7.77. The second-order valence-corrected chi connectivity index (χ2v) is 24.2. The second-order valence-electron chi connectivity index (χ2n) is 12.8. The van der Waals surface area contributed by atoms with Crippen LogP contribution in [0.5, 0.6) is 0 Å². The third-order valence-corrected chi connectivity index (χ3v) is 19.0. The van der Waals surface area contributed by atoms with Gasteiger partial charge in [-0.15, -0.1) is 0 Å². The molecule has 0 spiro atoms. The Kier molecular flexibility index (Phi) is 8.58. The van der Waals surface area contributed by atoms with Crippen LogP contribution in [0.4, 0.5) is 0 Å². The van der Waals surface area contributed by atoms with Crippen molar-refractivity contribution in [3.63, 3.8) is 0 Å². The average molecular weight is 603 g/mol. The maximum atomic E-state index is 12.7. The van der Waals surface area contributed by atoms with Crippen LogP contribution in [0.15, 0.2) is 27.9 Å². The zero-order valence-corrected chi connectivity index (χ0v) is 27.4. The van der Waals surface area contributed by atoms with Gasteiger partial charge in [0.05, 0.1) is 18.8 Å². The van der Waals surface area contributed by atoms with E-state index in [1.807, 2.05) is 0 Å². The van der Waals surface area contributed by atoms with E-state index in [1.165, 1.54) is 10.1 Å². The van der Waals surface area contributed by atoms with E-state index >= 15 is 0 Å². The van der Waals surface area contributed by atoms with Gasteiger partial charge in [0, 0.05) is 22.9 Å². The summed E-state index contributed by atoms with van der Waals surface area (Å²) < 4.78 is 27.5. The predicted octanol–water partition coefficient (Wildman–Crippen LogP) is 6.03. The molecule has 1 aromatic rings. The molecule has 2 saturated heterocycles. The average Bonchev–Trinajstić information content (AvgIpc) is 3.29. The predicted molar refractivity (Wildman–Crippen MR) is 160 cm³/mol. The maximum absolute atomic E-state index is 12.7. The first-order chi connectivity index (χ1) is 17.4. The van der Waals surface area contributed by atoms with Crippen molar-refractivity contribution in [2.75, 3.05) is 6.61 Å². The van der Waals surface area contributed by atoms with Gasteiger partial charge in [0.2, 0.25) is 5.69 Å². The van der Waals surface area contributed by atoms with Crippen LogP contribution in [0, 0.1) is 12.8 Å². The maximum Gasteiger partial charge on any atom is 0.330 e. The summed E-state index contributed by atoms with van der Waals surface area (Å²) in [6.45, 7) is 21.5. The highest BCUT2D eigenvalue weighted by Gasteiger charge is 2.55. The number of nitrogens with one attached hydrogen (secondary N) is 1. The molecule has 3 unspecified atom stereocenters. The zero-order chi connectivity index (χ0) is 28.3. The number of aromatic amines is 1. The number of H-pyrrole nitrogens is 1. The second kappa shape index (κ2) is 10.7. The Labute approximate surface area is 236 Å². The molecule has 3 aliphatic rings. The molecule has 3 fully saturated rings. The Morgan fingerprint density at radius 3 is 2.68 bits per heavy atom. The minimum Gasteiger partial charge on any atom is -0.414 e. The quantitative estimate of drug-likeness (QED) is 0.230. The van der Waals surface area contributed by atoms with E-state index in [4.69, 9.17) is 30.0 Å². The third-order valence-electron chi connectivity index (χ3n) is 8.76. The molecule has 1 N–H and O–H groups in total. The summed E-state index contributed by atoms with van der Waals surface area (Å²) in [5.74, 6) is 0.440. The number of aryl methyl sites for hydroxylation is 1. The normalized spacial score (nSPS) is 35.8. The van der Waals surface area contributed by atoms with Gasteiger partial charge in [-0.05, 0) is 75.9 Å². The van der Waals surface area contributed by atoms with Gasteiger partial charge < -0.3 is 18.2 Å². The highest BCUT2D eigenvalue weighted by Crippen LogP contribution is 2.76. The van der Waals surface area contributed by atoms with Crippen molar-refractivity contribution in [3.05, 3.63) is 44.8 Å². The van der Waals surface area contributed by atoms with Crippen molar-refractivity contribution in [1.29, 1.82) is 0 Å². The summed E-state index contributed by atoms with van der Waals surface area (Å²) in [5.41, 5.74) is -1.95. The van der Waals surface area contributed by atoms with E-state index in [9.17, 15) is 9.59 Å². The first-order valence-electron chi connectivity index (χ1n) is 13.4. The molecule has 1 saturated carbocycles. The van der Waals surface area contributed by atoms with E-state index in [1.54, 1.807) is 24.5 Å². The van der Waals surface area contributed by atoms with Gasteiger partial charge in [-0.2, -0.15) is 0 Å². The van der Waals surface area contributed by atoms with Gasteiger partial charge in [0.15, 0.2) is 8.32 Å². The van der Waals surface area contributed by atoms with Crippen LogP contribution in [0.3, 0.4) is 0 Å². The monoisotopic (exact) mass is 602 g/mol. The van der Waals surface area contributed by atoms with E-state index in [0.717, 1.165) is 19.3 Å². The Hall–Kier alpha value is -0.523. The number of rotatable bonds is 7. The van der Waals surface area contributed by atoms with Gasteiger partial charge in [0.25, 0.3) is 5.56 Å². The smallest absolute Gasteiger partial charge is 0.330 e. The number of allylic oxidation sites excluding steroid dienone is 1. The SMILES string of the molecule is C=C(C)[C@@H]1CC[C@]2(C)S[P@](=S)(OC3CC(n4cc(C)c(=O)[nH]c4=O)OC3CO[Si](C)(C)C(C)(C)C)O[C@H]2C1. The number of ether oxygens (including phenoxy) is 1. The molecule has 0 bridgehead atoms. The number of fused-ring (bicyclic) bond motifs is 1. The summed E-state index contributed by atoms with van der Waals surface area (Å²) in [6, 6.07) is 0. The van der Waals surface area contributed by atoms with E-state index in [0.29, 0.717) is 24.5 Å². The molecule has 1 aromatic heterocycles. The lowest BCUT2D eigenvalue weighted by Gasteiger charge is -2.37. The molecule has 1 aliphatic carbocycles. The van der Waals surface area contributed by atoms with Crippen LogP contribution >= 0.6 is 17.1 Å². The summed E-state index contributed by atoms with van der Waals surface area (Å²) in [6.07, 6.45) is 3.57. The van der Waals surface area contributed by atoms with Gasteiger partial charge in [-0.25, -0.2) is 4.79 Å². The van der Waals surface area contributed by atoms with Crippen LogP contribution in [0.1, 0.15) is 72.1 Å². The van der Waals surface area contributed by atoms with E-state index in [2.05, 4.69) is 59.3 Å². The topological polar surface area (TPSA) is 91.8 Å². The minimum absolute atomic E-state index is 0.0262. The van der Waals surface area contributed by atoms with Crippen LogP contribution in [-0.4, -0.2) is 47.5 Å². The summed E-state index contributed by atoms with van der Waals surface area (Å²) in [4.78, 5) is 27.0. The molecule has 214 valence electrons. The zero-order valence-electron chi connectivity index (χ0n) is 23.9. The van der Waals surface area contributed by atoms with Crippen molar-refractivity contribution in [2.24, 2.45) is 5.92 Å². The van der Waals surface area contributed by atoms with Gasteiger partial charge >= 0.3 is 5.69 Å². The van der Waals surface area contributed by atoms with Crippen LogP contribution in [-0.2, 0) is 30.0 Å². The number of hydrogen-bond acceptors (Lipinski definition) is 8. The standard InChI is InChI=1S/C26H43N2O6PS2Si/c1-16(2)18-10-11-26(7)21(12-18)34-35(36,37-26)33-19-13-22(28-14-17(3)23(29)27-24(28)30)32-20(19)15-31-38(8,9)25(4,5)6/h14,18-22H,1,10-13,15H2,2-9H3,(H,27,29,30)/t18-,19?,20?,21+,22?,26+,35-/m1/s1.